The molecule has 1 aliphatic rings. The number of hydrogen-bond donors (Lipinski definition) is 11. The molecule has 0 aromatic rings. The maximum absolute atomic E-state index is 13.8. The second-order valence-electron chi connectivity index (χ2n) is 12.6. The van der Waals surface area contributed by atoms with Crippen molar-refractivity contribution >= 4 is 74.9 Å². The average Bonchev–Trinajstić information content (AvgIpc) is 3.11. The van der Waals surface area contributed by atoms with Gasteiger partial charge < -0.3 is 59.5 Å². The SMILES string of the molecule is CCC(C)[C@@H]1NC(=O)CNC(=O)CNC(=O)[C@@H](N)CSSC[C@@H](C(=O)N[C@H](C(=O)N[C@@H](C)C(=O)N[C@@H](CCCN=C(N)N)C(=O)O)C(C)CC)NC1=O. The fraction of sp³-hybridized carbons (Fsp3) is 0.710. The molecule has 1 saturated heterocycles. The lowest BCUT2D eigenvalue weighted by molar-refractivity contribution is -0.142. The Hall–Kier alpha value is -4.31. The Morgan fingerprint density at radius 2 is 1.51 bits per heavy atom. The summed E-state index contributed by atoms with van der Waals surface area (Å²) in [6.45, 7) is 7.66. The summed E-state index contributed by atoms with van der Waals surface area (Å²) in [5.74, 6) is -7.06. The minimum Gasteiger partial charge on any atom is -0.480 e. The zero-order valence-corrected chi connectivity index (χ0v) is 32.3. The molecule has 1 fully saturated rings. The number of carbonyl (C=O) groups is 8. The largest absolute Gasteiger partial charge is 0.480 e. The molecular weight excluding hydrogens is 735 g/mol. The first-order chi connectivity index (χ1) is 24.9. The van der Waals surface area contributed by atoms with Crippen LogP contribution in [0.4, 0.5) is 0 Å². The second-order valence-corrected chi connectivity index (χ2v) is 15.2. The lowest BCUT2D eigenvalue weighted by atomic mass is 9.97. The Labute approximate surface area is 316 Å². The van der Waals surface area contributed by atoms with Gasteiger partial charge in [-0.15, -0.1) is 0 Å². The molecule has 7 amide bonds. The summed E-state index contributed by atoms with van der Waals surface area (Å²) in [4.78, 5) is 107. The van der Waals surface area contributed by atoms with E-state index < -0.39 is 103 Å². The fourth-order valence-corrected chi connectivity index (χ4v) is 6.89. The van der Waals surface area contributed by atoms with E-state index in [2.05, 4.69) is 42.2 Å². The number of carboxylic acids is 1. The summed E-state index contributed by atoms with van der Waals surface area (Å²) in [5, 5.41) is 27.2. The smallest absolute Gasteiger partial charge is 0.326 e. The van der Waals surface area contributed by atoms with E-state index >= 15 is 0 Å². The molecule has 1 heterocycles. The molecule has 20 nitrogen and oxygen atoms in total. The van der Waals surface area contributed by atoms with Crippen LogP contribution in [0.1, 0.15) is 60.3 Å². The maximum atomic E-state index is 13.8. The molecule has 1 rings (SSSR count). The lowest BCUT2D eigenvalue weighted by Crippen LogP contribution is -2.61. The first-order valence-electron chi connectivity index (χ1n) is 17.2. The summed E-state index contributed by atoms with van der Waals surface area (Å²) in [6.07, 6.45) is 1.18. The number of nitrogens with zero attached hydrogens (tertiary/aromatic N) is 1. The highest BCUT2D eigenvalue weighted by Gasteiger charge is 2.34. The molecule has 8 atom stereocenters. The van der Waals surface area contributed by atoms with Crippen molar-refractivity contribution in [3.8, 4) is 0 Å². The molecule has 1 aliphatic heterocycles. The predicted octanol–water partition coefficient (Wildman–Crippen LogP) is -3.38. The summed E-state index contributed by atoms with van der Waals surface area (Å²) in [6, 6.07) is -6.99. The number of guanidine groups is 1. The number of carboxylic acid groups (broad SMARTS) is 1. The quantitative estimate of drug-likeness (QED) is 0.0334. The minimum absolute atomic E-state index is 0.0186. The number of hydrogen-bond acceptors (Lipinski definition) is 12. The predicted molar refractivity (Wildman–Crippen MR) is 201 cm³/mol. The van der Waals surface area contributed by atoms with Crippen molar-refractivity contribution < 1.29 is 43.5 Å². The molecule has 0 radical (unpaired) electrons. The number of nitrogens with one attached hydrogen (secondary N) is 7. The molecule has 22 heteroatoms. The lowest BCUT2D eigenvalue weighted by Gasteiger charge is -2.29. The standard InChI is InChI=1S/C31H55N11O9S2/c1-6-15(3)23-29(49)40-20(14-53-52-13-18(32)26(46)37-11-21(43)36-12-22(44)41-23)27(47)42-24(16(4)7-2)28(48)38-17(5)25(45)39-19(30(50)51)9-8-10-35-31(33)34/h15-20,23-24H,6-14,32H2,1-5H3,(H,36,43)(H,37,46)(H,38,48)(H,39,45)(H,40,49)(H,41,44)(H,42,47)(H,50,51)(H4,33,34,35)/t15?,16?,17-,18-,19-,20-,23-,24-/m0/s1. The summed E-state index contributed by atoms with van der Waals surface area (Å²) >= 11 is 0. The molecule has 0 aromatic heterocycles. The topological polar surface area (TPSA) is 331 Å². The highest BCUT2D eigenvalue weighted by molar-refractivity contribution is 8.76. The van der Waals surface area contributed by atoms with Crippen LogP contribution in [0.2, 0.25) is 0 Å². The zero-order valence-electron chi connectivity index (χ0n) is 30.7. The number of aliphatic carboxylic acids is 1. The van der Waals surface area contributed by atoms with Gasteiger partial charge in [-0.2, -0.15) is 0 Å². The van der Waals surface area contributed by atoms with Crippen LogP contribution >= 0.6 is 21.6 Å². The van der Waals surface area contributed by atoms with Crippen molar-refractivity contribution in [2.45, 2.75) is 96.6 Å². The molecule has 53 heavy (non-hydrogen) atoms. The van der Waals surface area contributed by atoms with Crippen molar-refractivity contribution in [1.29, 1.82) is 0 Å². The summed E-state index contributed by atoms with van der Waals surface area (Å²) in [5.41, 5.74) is 16.5. The highest BCUT2D eigenvalue weighted by Crippen LogP contribution is 2.23. The van der Waals surface area contributed by atoms with Crippen molar-refractivity contribution in [1.82, 2.24) is 37.2 Å². The van der Waals surface area contributed by atoms with Gasteiger partial charge in [-0.3, -0.25) is 38.6 Å². The van der Waals surface area contributed by atoms with E-state index in [-0.39, 0.29) is 42.8 Å². The van der Waals surface area contributed by atoms with Crippen LogP contribution in [0.3, 0.4) is 0 Å². The van der Waals surface area contributed by atoms with Crippen LogP contribution in [0.5, 0.6) is 0 Å². The first-order valence-corrected chi connectivity index (χ1v) is 19.7. The molecule has 0 aliphatic carbocycles. The molecule has 2 unspecified atom stereocenters. The summed E-state index contributed by atoms with van der Waals surface area (Å²) in [7, 11) is 2.28. The number of carbonyl (C=O) groups excluding carboxylic acids is 7. The first kappa shape index (κ1) is 46.7. The zero-order chi connectivity index (χ0) is 40.2. The Kier molecular flexibility index (Phi) is 21.2. The number of rotatable bonds is 15. The van der Waals surface area contributed by atoms with E-state index in [0.29, 0.717) is 12.8 Å². The van der Waals surface area contributed by atoms with Crippen molar-refractivity contribution in [2.75, 3.05) is 31.1 Å². The van der Waals surface area contributed by atoms with E-state index in [1.807, 2.05) is 6.92 Å². The van der Waals surface area contributed by atoms with Gasteiger partial charge in [0, 0.05) is 18.1 Å². The van der Waals surface area contributed by atoms with Crippen LogP contribution in [-0.4, -0.2) is 126 Å². The Balaban J connectivity index is 3.21. The van der Waals surface area contributed by atoms with Gasteiger partial charge in [0.15, 0.2) is 5.96 Å². The Morgan fingerprint density at radius 3 is 2.11 bits per heavy atom. The maximum Gasteiger partial charge on any atom is 0.326 e. The minimum atomic E-state index is -1.29. The van der Waals surface area contributed by atoms with E-state index in [9.17, 15) is 43.5 Å². The van der Waals surface area contributed by atoms with E-state index in [4.69, 9.17) is 17.2 Å². The van der Waals surface area contributed by atoms with Crippen LogP contribution in [-0.2, 0) is 38.4 Å². The third-order valence-electron chi connectivity index (χ3n) is 8.32. The van der Waals surface area contributed by atoms with Crippen LogP contribution in [0, 0.1) is 11.8 Å². The molecule has 0 aromatic carbocycles. The number of aliphatic imine (C=N–C) groups is 1. The molecule has 0 saturated carbocycles. The molecular formula is C31H55N11O9S2. The van der Waals surface area contributed by atoms with Crippen LogP contribution in [0.25, 0.3) is 0 Å². The fourth-order valence-electron chi connectivity index (χ4n) is 4.61. The van der Waals surface area contributed by atoms with Gasteiger partial charge >= 0.3 is 5.97 Å². The monoisotopic (exact) mass is 789 g/mol. The van der Waals surface area contributed by atoms with Crippen LogP contribution in [0.15, 0.2) is 4.99 Å². The number of amides is 7. The highest BCUT2D eigenvalue weighted by atomic mass is 33.1. The van der Waals surface area contributed by atoms with Gasteiger partial charge in [-0.1, -0.05) is 62.1 Å². The molecule has 0 spiro atoms. The van der Waals surface area contributed by atoms with Gasteiger partial charge in [0.1, 0.15) is 30.2 Å². The Morgan fingerprint density at radius 1 is 0.868 bits per heavy atom. The van der Waals surface area contributed by atoms with Gasteiger partial charge in [0.25, 0.3) is 0 Å². The van der Waals surface area contributed by atoms with E-state index in [1.165, 1.54) is 6.92 Å². The van der Waals surface area contributed by atoms with Crippen LogP contribution < -0.4 is 54.4 Å². The molecule has 14 N–H and O–H groups in total. The third-order valence-corrected chi connectivity index (χ3v) is 10.8. The number of nitrogens with two attached hydrogens (primary N) is 3. The summed E-state index contributed by atoms with van der Waals surface area (Å²) < 4.78 is 0. The average molecular weight is 790 g/mol. The third kappa shape index (κ3) is 17.4. The van der Waals surface area contributed by atoms with E-state index in [0.717, 1.165) is 21.6 Å². The van der Waals surface area contributed by atoms with Crippen molar-refractivity contribution in [2.24, 2.45) is 34.0 Å². The second kappa shape index (κ2) is 24.1. The van der Waals surface area contributed by atoms with Gasteiger partial charge in [0.2, 0.25) is 41.4 Å². The van der Waals surface area contributed by atoms with Gasteiger partial charge in [0.05, 0.1) is 19.1 Å². The van der Waals surface area contributed by atoms with Gasteiger partial charge in [-0.05, 0) is 31.6 Å². The molecule has 300 valence electrons. The van der Waals surface area contributed by atoms with E-state index in [1.54, 1.807) is 20.8 Å². The molecule has 0 bridgehead atoms. The van der Waals surface area contributed by atoms with Crippen molar-refractivity contribution in [3.63, 3.8) is 0 Å². The van der Waals surface area contributed by atoms with Gasteiger partial charge in [-0.25, -0.2) is 4.79 Å². The normalized spacial score (nSPS) is 22.0. The Bertz CT molecular complexity index is 1340. The van der Waals surface area contributed by atoms with Crippen molar-refractivity contribution in [3.05, 3.63) is 0 Å².